The lowest BCUT2D eigenvalue weighted by atomic mass is 10.1. The summed E-state index contributed by atoms with van der Waals surface area (Å²) in [6.45, 7) is 0.419. The van der Waals surface area contributed by atoms with Crippen LogP contribution >= 0.6 is 0 Å². The summed E-state index contributed by atoms with van der Waals surface area (Å²) in [5, 5.41) is 0. The highest BCUT2D eigenvalue weighted by atomic mass is 32.2. The number of rotatable bonds is 4. The molecule has 5 nitrogen and oxygen atoms in total. The van der Waals surface area contributed by atoms with Crippen LogP contribution in [0.3, 0.4) is 0 Å². The molecule has 1 aromatic heterocycles. The molecule has 0 unspecified atom stereocenters. The summed E-state index contributed by atoms with van der Waals surface area (Å²) in [5.41, 5.74) is 0. The van der Waals surface area contributed by atoms with Gasteiger partial charge in [-0.25, -0.2) is 8.42 Å². The Morgan fingerprint density at radius 2 is 2.37 bits per heavy atom. The summed E-state index contributed by atoms with van der Waals surface area (Å²) in [7, 11) is -3.07. The minimum atomic E-state index is -3.07. The first-order chi connectivity index (χ1) is 9.02. The minimum absolute atomic E-state index is 0.0774. The molecular weight excluding hydrogens is 266 g/mol. The van der Waals surface area contributed by atoms with E-state index in [4.69, 9.17) is 10.8 Å². The monoisotopic (exact) mass is 281 g/mol. The lowest BCUT2D eigenvalue weighted by molar-refractivity contribution is -0.134. The van der Waals surface area contributed by atoms with Gasteiger partial charge in [-0.05, 0) is 18.6 Å². The first-order valence-electron chi connectivity index (χ1n) is 5.97. The highest BCUT2D eigenvalue weighted by molar-refractivity contribution is 7.91. The Morgan fingerprint density at radius 3 is 2.89 bits per heavy atom. The molecule has 0 bridgehead atoms. The number of nitrogens with zero attached hydrogens (tertiary/aromatic N) is 1. The van der Waals surface area contributed by atoms with E-state index in [9.17, 15) is 13.2 Å². The molecule has 1 aliphatic rings. The predicted octanol–water partition coefficient (Wildman–Crippen LogP) is 0.676. The van der Waals surface area contributed by atoms with Gasteiger partial charge in [0.1, 0.15) is 5.76 Å². The van der Waals surface area contributed by atoms with Crippen molar-refractivity contribution >= 4 is 15.7 Å². The molecule has 2 rings (SSSR count). The Morgan fingerprint density at radius 1 is 1.58 bits per heavy atom. The molecule has 1 fully saturated rings. The van der Waals surface area contributed by atoms with Crippen LogP contribution in [-0.4, -0.2) is 37.3 Å². The van der Waals surface area contributed by atoms with E-state index < -0.39 is 15.8 Å². The number of amides is 1. The number of terminal acetylenes is 1. The van der Waals surface area contributed by atoms with E-state index in [2.05, 4.69) is 5.92 Å². The van der Waals surface area contributed by atoms with Crippen molar-refractivity contribution in [2.24, 2.45) is 5.92 Å². The molecule has 0 aromatic carbocycles. The van der Waals surface area contributed by atoms with Gasteiger partial charge in [0, 0.05) is 0 Å². The van der Waals surface area contributed by atoms with Gasteiger partial charge < -0.3 is 9.32 Å². The van der Waals surface area contributed by atoms with E-state index in [1.807, 2.05) is 0 Å². The Balaban J connectivity index is 2.07. The Bertz CT molecular complexity index is 583. The van der Waals surface area contributed by atoms with E-state index in [1.54, 1.807) is 12.1 Å². The van der Waals surface area contributed by atoms with Crippen molar-refractivity contribution in [3.8, 4) is 12.3 Å². The van der Waals surface area contributed by atoms with Crippen molar-refractivity contribution in [1.29, 1.82) is 0 Å². The highest BCUT2D eigenvalue weighted by Crippen LogP contribution is 2.21. The highest BCUT2D eigenvalue weighted by Gasteiger charge is 2.35. The van der Waals surface area contributed by atoms with E-state index in [-0.39, 0.29) is 30.5 Å². The third-order valence-corrected chi connectivity index (χ3v) is 4.87. The smallest absolute Gasteiger partial charge is 0.227 e. The van der Waals surface area contributed by atoms with Crippen LogP contribution in [0.25, 0.3) is 0 Å². The molecular formula is C13H15NO4S. The molecule has 0 radical (unpaired) electrons. The van der Waals surface area contributed by atoms with Crippen LogP contribution in [0, 0.1) is 18.3 Å². The second kappa shape index (κ2) is 5.49. The summed E-state index contributed by atoms with van der Waals surface area (Å²) >= 11 is 0. The zero-order valence-electron chi connectivity index (χ0n) is 10.4. The summed E-state index contributed by atoms with van der Waals surface area (Å²) in [6.07, 6.45) is 7.15. The number of carbonyl (C=O) groups excluding carboxylic acids is 1. The second-order valence-corrected chi connectivity index (χ2v) is 6.81. The Kier molecular flexibility index (Phi) is 3.96. The molecule has 2 heterocycles. The number of hydrogen-bond donors (Lipinski definition) is 0. The summed E-state index contributed by atoms with van der Waals surface area (Å²) in [4.78, 5) is 13.7. The van der Waals surface area contributed by atoms with Gasteiger partial charge in [0.2, 0.25) is 5.91 Å². The van der Waals surface area contributed by atoms with E-state index in [0.717, 1.165) is 0 Å². The third-order valence-electron chi connectivity index (χ3n) is 3.10. The van der Waals surface area contributed by atoms with Crippen LogP contribution in [0.2, 0.25) is 0 Å². The van der Waals surface area contributed by atoms with Crippen molar-refractivity contribution < 1.29 is 17.6 Å². The molecule has 0 spiro atoms. The van der Waals surface area contributed by atoms with Crippen molar-refractivity contribution in [1.82, 2.24) is 4.90 Å². The number of carbonyl (C=O) groups is 1. The van der Waals surface area contributed by atoms with Gasteiger partial charge in [-0.2, -0.15) is 0 Å². The molecule has 1 aliphatic heterocycles. The maximum atomic E-state index is 12.3. The lowest BCUT2D eigenvalue weighted by Gasteiger charge is -2.22. The average molecular weight is 281 g/mol. The summed E-state index contributed by atoms with van der Waals surface area (Å²) in [5.74, 6) is 2.36. The molecule has 1 amide bonds. The van der Waals surface area contributed by atoms with Gasteiger partial charge in [0.05, 0.1) is 36.8 Å². The maximum Gasteiger partial charge on any atom is 0.227 e. The third kappa shape index (κ3) is 3.38. The molecule has 0 saturated carbocycles. The quantitative estimate of drug-likeness (QED) is 0.761. The fraction of sp³-hybridized carbons (Fsp3) is 0.462. The first kappa shape index (κ1) is 13.7. The van der Waals surface area contributed by atoms with E-state index >= 15 is 0 Å². The van der Waals surface area contributed by atoms with Crippen LogP contribution in [0.1, 0.15) is 12.2 Å². The van der Waals surface area contributed by atoms with Crippen molar-refractivity contribution in [3.05, 3.63) is 24.2 Å². The molecule has 19 heavy (non-hydrogen) atoms. The fourth-order valence-electron chi connectivity index (χ4n) is 2.16. The normalized spacial score (nSPS) is 20.9. The number of hydrogen-bond acceptors (Lipinski definition) is 4. The topological polar surface area (TPSA) is 67.6 Å². The zero-order valence-corrected chi connectivity index (χ0v) is 11.2. The summed E-state index contributed by atoms with van der Waals surface area (Å²) < 4.78 is 28.0. The SMILES string of the molecule is C#CCN(Cc1ccco1)C(=O)[C@H]1CCS(=O)(=O)C1. The Labute approximate surface area is 112 Å². The van der Waals surface area contributed by atoms with Gasteiger partial charge in [-0.15, -0.1) is 6.42 Å². The van der Waals surface area contributed by atoms with Crippen molar-refractivity contribution in [3.63, 3.8) is 0 Å². The van der Waals surface area contributed by atoms with Crippen LogP contribution in [0.5, 0.6) is 0 Å². The van der Waals surface area contributed by atoms with Gasteiger partial charge in [0.25, 0.3) is 0 Å². The fourth-order valence-corrected chi connectivity index (χ4v) is 3.89. The molecule has 102 valence electrons. The van der Waals surface area contributed by atoms with Gasteiger partial charge in [0.15, 0.2) is 9.84 Å². The predicted molar refractivity (Wildman–Crippen MR) is 69.7 cm³/mol. The minimum Gasteiger partial charge on any atom is -0.467 e. The molecule has 0 N–H and O–H groups in total. The van der Waals surface area contributed by atoms with Gasteiger partial charge >= 0.3 is 0 Å². The summed E-state index contributed by atoms with van der Waals surface area (Å²) in [6, 6.07) is 3.48. The lowest BCUT2D eigenvalue weighted by Crippen LogP contribution is -2.36. The average Bonchev–Trinajstić information content (AvgIpc) is 2.97. The maximum absolute atomic E-state index is 12.3. The van der Waals surface area contributed by atoms with Crippen LogP contribution < -0.4 is 0 Å². The first-order valence-corrected chi connectivity index (χ1v) is 7.79. The van der Waals surface area contributed by atoms with Crippen LogP contribution in [0.15, 0.2) is 22.8 Å². The van der Waals surface area contributed by atoms with E-state index in [0.29, 0.717) is 12.2 Å². The second-order valence-electron chi connectivity index (χ2n) is 4.58. The number of sulfone groups is 1. The van der Waals surface area contributed by atoms with E-state index in [1.165, 1.54) is 11.2 Å². The molecule has 0 aliphatic carbocycles. The van der Waals surface area contributed by atoms with Crippen molar-refractivity contribution in [2.75, 3.05) is 18.1 Å². The Hall–Kier alpha value is -1.74. The van der Waals surface area contributed by atoms with Gasteiger partial charge in [-0.3, -0.25) is 4.79 Å². The van der Waals surface area contributed by atoms with Crippen LogP contribution in [-0.2, 0) is 21.2 Å². The van der Waals surface area contributed by atoms with Crippen molar-refractivity contribution in [2.45, 2.75) is 13.0 Å². The zero-order chi connectivity index (χ0) is 13.9. The molecule has 1 aromatic rings. The standard InChI is InChI=1S/C13H15NO4S/c1-2-6-14(9-12-4-3-7-18-12)13(15)11-5-8-19(16,17)10-11/h1,3-4,7,11H,5-6,8-10H2/t11-/m0/s1. The van der Waals surface area contributed by atoms with Gasteiger partial charge in [-0.1, -0.05) is 5.92 Å². The number of furan rings is 1. The molecule has 1 atom stereocenters. The molecule has 6 heteroatoms. The molecule has 1 saturated heterocycles. The largest absolute Gasteiger partial charge is 0.467 e. The van der Waals surface area contributed by atoms with Crippen LogP contribution in [0.4, 0.5) is 0 Å².